The van der Waals surface area contributed by atoms with Gasteiger partial charge in [-0.1, -0.05) is 36.2 Å². The molecule has 2 N–H and O–H groups in total. The molecule has 0 spiro atoms. The fourth-order valence-corrected chi connectivity index (χ4v) is 2.42. The Balaban J connectivity index is 2.42. The fourth-order valence-electron chi connectivity index (χ4n) is 1.86. The minimum absolute atomic E-state index is 0.147. The summed E-state index contributed by atoms with van der Waals surface area (Å²) in [5.74, 6) is -1.50. The van der Waals surface area contributed by atoms with Crippen LogP contribution in [0.1, 0.15) is 30.3 Å². The van der Waals surface area contributed by atoms with Crippen molar-refractivity contribution >= 4 is 35.1 Å². The Morgan fingerprint density at radius 3 is 2.48 bits per heavy atom. The van der Waals surface area contributed by atoms with Crippen LogP contribution in [0.3, 0.4) is 0 Å². The molecule has 0 fully saturated rings. The van der Waals surface area contributed by atoms with Crippen molar-refractivity contribution in [2.45, 2.75) is 26.3 Å². The molecule has 1 atom stereocenters. The average Bonchev–Trinajstić information content (AvgIpc) is 2.91. The van der Waals surface area contributed by atoms with E-state index in [0.29, 0.717) is 28.0 Å². The highest BCUT2D eigenvalue weighted by Crippen LogP contribution is 2.28. The van der Waals surface area contributed by atoms with E-state index in [0.717, 1.165) is 0 Å². The van der Waals surface area contributed by atoms with Gasteiger partial charge < -0.3 is 10.4 Å². The monoisotopic (exact) mass is 356 g/mol. The van der Waals surface area contributed by atoms with Gasteiger partial charge in [-0.25, -0.2) is 9.67 Å². The summed E-state index contributed by atoms with van der Waals surface area (Å²) in [5.41, 5.74) is 0.422. The third-order valence-corrected chi connectivity index (χ3v) is 3.67. The molecule has 0 aliphatic heterocycles. The minimum atomic E-state index is -1.15. The van der Waals surface area contributed by atoms with E-state index < -0.39 is 17.9 Å². The zero-order valence-electron chi connectivity index (χ0n) is 12.4. The summed E-state index contributed by atoms with van der Waals surface area (Å²) in [6.07, 6.45) is 0.482. The lowest BCUT2D eigenvalue weighted by atomic mass is 10.3. The van der Waals surface area contributed by atoms with Crippen LogP contribution in [0.15, 0.2) is 18.2 Å². The number of carboxylic acid groups (broad SMARTS) is 1. The van der Waals surface area contributed by atoms with Gasteiger partial charge in [-0.3, -0.25) is 9.59 Å². The number of carbonyl (C=O) groups excluding carboxylic acids is 1. The van der Waals surface area contributed by atoms with Gasteiger partial charge in [0.15, 0.2) is 0 Å². The molecule has 23 heavy (non-hydrogen) atoms. The largest absolute Gasteiger partial charge is 0.480 e. The van der Waals surface area contributed by atoms with E-state index in [9.17, 15) is 9.59 Å². The number of carbonyl (C=O) groups is 2. The summed E-state index contributed by atoms with van der Waals surface area (Å²) >= 11 is 12.3. The molecule has 1 aromatic carbocycles. The van der Waals surface area contributed by atoms with Crippen LogP contribution in [0.2, 0.25) is 10.0 Å². The van der Waals surface area contributed by atoms with Gasteiger partial charge in [0.1, 0.15) is 17.6 Å². The Hall–Kier alpha value is -2.12. The number of aryl methyl sites for hydroxylation is 1. The fraction of sp³-hybridized carbons (Fsp3) is 0.286. The van der Waals surface area contributed by atoms with Gasteiger partial charge in [0, 0.05) is 6.42 Å². The third-order valence-electron chi connectivity index (χ3n) is 3.06. The van der Waals surface area contributed by atoms with Crippen LogP contribution in [-0.4, -0.2) is 37.8 Å². The second-order valence-electron chi connectivity index (χ2n) is 4.72. The zero-order valence-corrected chi connectivity index (χ0v) is 13.9. The SMILES string of the molecule is CCc1nc(C(=O)N[C@H](C)C(=O)O)nn1-c1c(Cl)cccc1Cl. The second kappa shape index (κ2) is 6.97. The lowest BCUT2D eigenvalue weighted by molar-refractivity contribution is -0.138. The first-order chi connectivity index (χ1) is 10.8. The number of hydrogen-bond donors (Lipinski definition) is 2. The summed E-state index contributed by atoms with van der Waals surface area (Å²) in [6.45, 7) is 3.19. The van der Waals surface area contributed by atoms with Gasteiger partial charge >= 0.3 is 5.97 Å². The molecule has 0 radical (unpaired) electrons. The summed E-state index contributed by atoms with van der Waals surface area (Å²) in [6, 6.07) is 3.94. The lowest BCUT2D eigenvalue weighted by Crippen LogP contribution is -2.38. The van der Waals surface area contributed by atoms with Crippen molar-refractivity contribution in [2.24, 2.45) is 0 Å². The van der Waals surface area contributed by atoms with Crippen LogP contribution in [0.25, 0.3) is 5.69 Å². The molecule has 9 heteroatoms. The smallest absolute Gasteiger partial charge is 0.325 e. The van der Waals surface area contributed by atoms with Gasteiger partial charge in [0.2, 0.25) is 5.82 Å². The number of aliphatic carboxylic acids is 1. The molecular weight excluding hydrogens is 343 g/mol. The van der Waals surface area contributed by atoms with E-state index in [-0.39, 0.29) is 5.82 Å². The summed E-state index contributed by atoms with van der Waals surface area (Å²) < 4.78 is 1.39. The molecule has 1 heterocycles. The van der Waals surface area contributed by atoms with E-state index in [4.69, 9.17) is 28.3 Å². The Morgan fingerprint density at radius 2 is 1.96 bits per heavy atom. The van der Waals surface area contributed by atoms with Crippen LogP contribution in [0.4, 0.5) is 0 Å². The summed E-state index contributed by atoms with van der Waals surface area (Å²) in [7, 11) is 0. The third kappa shape index (κ3) is 3.62. The van der Waals surface area contributed by atoms with E-state index in [1.165, 1.54) is 11.6 Å². The number of hydrogen-bond acceptors (Lipinski definition) is 4. The number of aromatic nitrogens is 3. The van der Waals surface area contributed by atoms with Gasteiger partial charge in [0.25, 0.3) is 5.91 Å². The number of para-hydroxylation sites is 1. The van der Waals surface area contributed by atoms with Crippen molar-refractivity contribution in [3.63, 3.8) is 0 Å². The number of rotatable bonds is 5. The molecular formula is C14H14Cl2N4O3. The Labute approximate surface area is 142 Å². The molecule has 2 aromatic rings. The van der Waals surface area contributed by atoms with Gasteiger partial charge in [-0.05, 0) is 19.1 Å². The molecule has 7 nitrogen and oxygen atoms in total. The lowest BCUT2D eigenvalue weighted by Gasteiger charge is -2.08. The molecule has 0 saturated carbocycles. The van der Waals surface area contributed by atoms with Gasteiger partial charge in [-0.15, -0.1) is 5.10 Å². The van der Waals surface area contributed by atoms with Crippen LogP contribution >= 0.6 is 23.2 Å². The highest BCUT2D eigenvalue weighted by Gasteiger charge is 2.22. The number of amides is 1. The van der Waals surface area contributed by atoms with Crippen molar-refractivity contribution in [3.05, 3.63) is 39.9 Å². The van der Waals surface area contributed by atoms with Crippen LogP contribution in [-0.2, 0) is 11.2 Å². The van der Waals surface area contributed by atoms with Crippen molar-refractivity contribution in [1.82, 2.24) is 20.1 Å². The van der Waals surface area contributed by atoms with Crippen molar-refractivity contribution in [3.8, 4) is 5.69 Å². The highest BCUT2D eigenvalue weighted by atomic mass is 35.5. The normalized spacial score (nSPS) is 12.0. The number of nitrogens with one attached hydrogen (secondary N) is 1. The topological polar surface area (TPSA) is 97.1 Å². The molecule has 0 unspecified atom stereocenters. The zero-order chi connectivity index (χ0) is 17.1. The Bertz CT molecular complexity index is 740. The van der Waals surface area contributed by atoms with E-state index >= 15 is 0 Å². The minimum Gasteiger partial charge on any atom is -0.480 e. The Kier molecular flexibility index (Phi) is 5.23. The summed E-state index contributed by atoms with van der Waals surface area (Å²) in [4.78, 5) is 27.0. The first-order valence-corrected chi connectivity index (χ1v) is 7.54. The summed E-state index contributed by atoms with van der Waals surface area (Å²) in [5, 5.41) is 16.0. The maximum atomic E-state index is 12.1. The second-order valence-corrected chi connectivity index (χ2v) is 5.54. The van der Waals surface area contributed by atoms with Crippen molar-refractivity contribution in [1.29, 1.82) is 0 Å². The average molecular weight is 357 g/mol. The molecule has 0 aliphatic carbocycles. The van der Waals surface area contributed by atoms with Crippen molar-refractivity contribution in [2.75, 3.05) is 0 Å². The van der Waals surface area contributed by atoms with Crippen LogP contribution in [0.5, 0.6) is 0 Å². The van der Waals surface area contributed by atoms with E-state index in [1.54, 1.807) is 18.2 Å². The van der Waals surface area contributed by atoms with Crippen LogP contribution in [0, 0.1) is 0 Å². The van der Waals surface area contributed by atoms with Crippen LogP contribution < -0.4 is 5.32 Å². The standard InChI is InChI=1S/C14H14Cl2N4O3/c1-3-10-18-12(13(21)17-7(2)14(22)23)19-20(10)11-8(15)5-4-6-9(11)16/h4-7H,3H2,1-2H3,(H,17,21)(H,22,23)/t7-/m1/s1. The molecule has 0 bridgehead atoms. The van der Waals surface area contributed by atoms with E-state index in [1.807, 2.05) is 6.92 Å². The number of benzene rings is 1. The van der Waals surface area contributed by atoms with Gasteiger partial charge in [-0.2, -0.15) is 0 Å². The van der Waals surface area contributed by atoms with Crippen molar-refractivity contribution < 1.29 is 14.7 Å². The first kappa shape index (κ1) is 17.2. The number of nitrogens with zero attached hydrogens (tertiary/aromatic N) is 3. The predicted octanol–water partition coefficient (Wildman–Crippen LogP) is 2.34. The molecule has 0 aliphatic rings. The predicted molar refractivity (Wildman–Crippen MR) is 85.3 cm³/mol. The quantitative estimate of drug-likeness (QED) is 0.856. The molecule has 1 aromatic heterocycles. The Morgan fingerprint density at radius 1 is 1.35 bits per heavy atom. The first-order valence-electron chi connectivity index (χ1n) is 6.79. The number of halogens is 2. The molecule has 122 valence electrons. The highest BCUT2D eigenvalue weighted by molar-refractivity contribution is 6.37. The molecule has 0 saturated heterocycles. The maximum Gasteiger partial charge on any atom is 0.325 e. The molecule has 2 rings (SSSR count). The number of carboxylic acids is 1. The van der Waals surface area contributed by atoms with E-state index in [2.05, 4.69) is 15.4 Å². The maximum absolute atomic E-state index is 12.1. The molecule has 1 amide bonds. The van der Waals surface area contributed by atoms with Gasteiger partial charge in [0.05, 0.1) is 10.0 Å².